The Morgan fingerprint density at radius 1 is 0.870 bits per heavy atom. The number of nitrogens with two attached hydrogens (primary N) is 1. The van der Waals surface area contributed by atoms with Crippen LogP contribution in [0.4, 0.5) is 0 Å². The van der Waals surface area contributed by atoms with Crippen molar-refractivity contribution in [3.63, 3.8) is 0 Å². The molecule has 138 valence electrons. The summed E-state index contributed by atoms with van der Waals surface area (Å²) in [5.41, 5.74) is 7.22. The van der Waals surface area contributed by atoms with Gasteiger partial charge in [-0.1, -0.05) is 97.8 Å². The first-order chi connectivity index (χ1) is 11.2. The number of rotatable bonds is 13. The van der Waals surface area contributed by atoms with E-state index in [1.165, 1.54) is 103 Å². The highest BCUT2D eigenvalue weighted by atomic mass is 14.7. The minimum Gasteiger partial charge on any atom is -0.327 e. The van der Waals surface area contributed by atoms with Crippen LogP contribution >= 0.6 is 0 Å². The molecule has 3 atom stereocenters. The van der Waals surface area contributed by atoms with Crippen LogP contribution in [0.5, 0.6) is 0 Å². The Labute approximate surface area is 147 Å². The molecule has 0 bridgehead atoms. The molecule has 0 aromatic heterocycles. The maximum absolute atomic E-state index is 6.76. The van der Waals surface area contributed by atoms with Crippen molar-refractivity contribution in [1.29, 1.82) is 0 Å². The second-order valence-corrected chi connectivity index (χ2v) is 8.16. The van der Waals surface area contributed by atoms with Crippen LogP contribution in [0, 0.1) is 11.3 Å². The van der Waals surface area contributed by atoms with Gasteiger partial charge in [-0.3, -0.25) is 0 Å². The van der Waals surface area contributed by atoms with E-state index in [4.69, 9.17) is 5.73 Å². The molecule has 0 amide bonds. The van der Waals surface area contributed by atoms with E-state index in [1.54, 1.807) is 0 Å². The van der Waals surface area contributed by atoms with Crippen molar-refractivity contribution < 1.29 is 0 Å². The summed E-state index contributed by atoms with van der Waals surface area (Å²) >= 11 is 0. The van der Waals surface area contributed by atoms with Crippen LogP contribution < -0.4 is 5.73 Å². The molecular weight excluding hydrogens is 278 g/mol. The van der Waals surface area contributed by atoms with Crippen molar-refractivity contribution in [3.8, 4) is 0 Å². The van der Waals surface area contributed by atoms with E-state index >= 15 is 0 Å². The Balaban J connectivity index is 2.20. The predicted molar refractivity (Wildman–Crippen MR) is 105 cm³/mol. The van der Waals surface area contributed by atoms with E-state index in [-0.39, 0.29) is 0 Å². The van der Waals surface area contributed by atoms with E-state index in [1.807, 2.05) is 0 Å². The zero-order valence-corrected chi connectivity index (χ0v) is 16.5. The lowest BCUT2D eigenvalue weighted by Gasteiger charge is -2.48. The number of hydrogen-bond donors (Lipinski definition) is 1. The first kappa shape index (κ1) is 21.0. The van der Waals surface area contributed by atoms with Gasteiger partial charge in [0.1, 0.15) is 0 Å². The van der Waals surface area contributed by atoms with Gasteiger partial charge >= 0.3 is 0 Å². The smallest absolute Gasteiger partial charge is 0.00981 e. The van der Waals surface area contributed by atoms with E-state index in [9.17, 15) is 0 Å². The first-order valence-electron chi connectivity index (χ1n) is 11.0. The molecule has 0 heterocycles. The van der Waals surface area contributed by atoms with Crippen molar-refractivity contribution in [1.82, 2.24) is 0 Å². The molecule has 1 aliphatic rings. The van der Waals surface area contributed by atoms with E-state index in [0.29, 0.717) is 11.5 Å². The van der Waals surface area contributed by atoms with Crippen LogP contribution in [-0.4, -0.2) is 6.04 Å². The molecule has 0 aliphatic heterocycles. The number of hydrogen-bond acceptors (Lipinski definition) is 1. The summed E-state index contributed by atoms with van der Waals surface area (Å²) in [6.45, 7) is 7.07. The molecule has 0 spiro atoms. The van der Waals surface area contributed by atoms with Gasteiger partial charge in [-0.2, -0.15) is 0 Å². The van der Waals surface area contributed by atoms with Crippen molar-refractivity contribution >= 4 is 0 Å². The van der Waals surface area contributed by atoms with Gasteiger partial charge in [-0.25, -0.2) is 0 Å². The van der Waals surface area contributed by atoms with Crippen LogP contribution in [-0.2, 0) is 0 Å². The SMILES string of the molecule is CCCCCCCCCCCC(N)C1(CC)CCCCC1CC. The molecule has 1 rings (SSSR count). The molecular formula is C22H45N. The lowest BCUT2D eigenvalue weighted by molar-refractivity contribution is 0.0494. The van der Waals surface area contributed by atoms with Gasteiger partial charge in [-0.05, 0) is 37.0 Å². The van der Waals surface area contributed by atoms with Gasteiger partial charge < -0.3 is 5.73 Å². The fourth-order valence-electron chi connectivity index (χ4n) is 5.13. The topological polar surface area (TPSA) is 26.0 Å². The van der Waals surface area contributed by atoms with Crippen LogP contribution in [0.3, 0.4) is 0 Å². The van der Waals surface area contributed by atoms with Gasteiger partial charge in [0.15, 0.2) is 0 Å². The molecule has 0 aromatic rings. The molecule has 3 unspecified atom stereocenters. The maximum Gasteiger partial charge on any atom is 0.00981 e. The average Bonchev–Trinajstić information content (AvgIpc) is 2.59. The van der Waals surface area contributed by atoms with Gasteiger partial charge in [-0.15, -0.1) is 0 Å². The van der Waals surface area contributed by atoms with Crippen molar-refractivity contribution in [2.75, 3.05) is 0 Å². The standard InChI is InChI=1S/C22H45N/c1-4-7-8-9-10-11-12-13-14-18-21(23)22(6-3)19-16-15-17-20(22)5-2/h20-21H,4-19,23H2,1-3H3. The highest BCUT2D eigenvalue weighted by Gasteiger charge is 2.42. The second kappa shape index (κ2) is 12.3. The third kappa shape index (κ3) is 6.77. The summed E-state index contributed by atoms with van der Waals surface area (Å²) in [4.78, 5) is 0. The Morgan fingerprint density at radius 3 is 2.04 bits per heavy atom. The summed E-state index contributed by atoms with van der Waals surface area (Å²) < 4.78 is 0. The molecule has 1 aliphatic carbocycles. The summed E-state index contributed by atoms with van der Waals surface area (Å²) in [7, 11) is 0. The zero-order chi connectivity index (χ0) is 17.0. The van der Waals surface area contributed by atoms with Gasteiger partial charge in [0.05, 0.1) is 0 Å². The maximum atomic E-state index is 6.76. The fraction of sp³-hybridized carbons (Fsp3) is 1.00. The highest BCUT2D eigenvalue weighted by molar-refractivity contribution is 4.95. The second-order valence-electron chi connectivity index (χ2n) is 8.16. The minimum absolute atomic E-state index is 0.447. The van der Waals surface area contributed by atoms with Gasteiger partial charge in [0.2, 0.25) is 0 Å². The summed E-state index contributed by atoms with van der Waals surface area (Å²) in [5.74, 6) is 0.884. The third-order valence-electron chi connectivity index (χ3n) is 6.77. The molecule has 0 radical (unpaired) electrons. The Kier molecular flexibility index (Phi) is 11.3. The molecule has 1 fully saturated rings. The largest absolute Gasteiger partial charge is 0.327 e. The van der Waals surface area contributed by atoms with Crippen LogP contribution in [0.1, 0.15) is 124 Å². The summed E-state index contributed by atoms with van der Waals surface area (Å²) in [6, 6.07) is 0.447. The van der Waals surface area contributed by atoms with Crippen molar-refractivity contribution in [2.45, 2.75) is 130 Å². The van der Waals surface area contributed by atoms with E-state index in [2.05, 4.69) is 20.8 Å². The summed E-state index contributed by atoms with van der Waals surface area (Å²) in [5, 5.41) is 0. The van der Waals surface area contributed by atoms with Crippen molar-refractivity contribution in [2.24, 2.45) is 17.1 Å². The zero-order valence-electron chi connectivity index (χ0n) is 16.5. The molecule has 0 aromatic carbocycles. The quantitative estimate of drug-likeness (QED) is 0.355. The van der Waals surface area contributed by atoms with E-state index < -0.39 is 0 Å². The third-order valence-corrected chi connectivity index (χ3v) is 6.77. The molecule has 1 heteroatoms. The van der Waals surface area contributed by atoms with Crippen LogP contribution in [0.25, 0.3) is 0 Å². The fourth-order valence-corrected chi connectivity index (χ4v) is 5.13. The molecule has 23 heavy (non-hydrogen) atoms. The van der Waals surface area contributed by atoms with Crippen LogP contribution in [0.2, 0.25) is 0 Å². The predicted octanol–water partition coefficient (Wildman–Crippen LogP) is 7.23. The molecule has 1 saturated carbocycles. The van der Waals surface area contributed by atoms with Gasteiger partial charge in [0, 0.05) is 6.04 Å². The van der Waals surface area contributed by atoms with E-state index in [0.717, 1.165) is 5.92 Å². The minimum atomic E-state index is 0.447. The Hall–Kier alpha value is -0.0400. The Morgan fingerprint density at radius 2 is 1.48 bits per heavy atom. The average molecular weight is 324 g/mol. The molecule has 1 nitrogen and oxygen atoms in total. The first-order valence-corrected chi connectivity index (χ1v) is 11.0. The highest BCUT2D eigenvalue weighted by Crippen LogP contribution is 2.48. The van der Waals surface area contributed by atoms with Crippen molar-refractivity contribution in [3.05, 3.63) is 0 Å². The monoisotopic (exact) mass is 323 g/mol. The lowest BCUT2D eigenvalue weighted by atomic mass is 9.59. The number of unbranched alkanes of at least 4 members (excludes halogenated alkanes) is 8. The Bertz CT molecular complexity index is 275. The lowest BCUT2D eigenvalue weighted by Crippen LogP contribution is -2.48. The molecule has 2 N–H and O–H groups in total. The van der Waals surface area contributed by atoms with Crippen LogP contribution in [0.15, 0.2) is 0 Å². The normalized spacial score (nSPS) is 26.3. The van der Waals surface area contributed by atoms with Gasteiger partial charge in [0.25, 0.3) is 0 Å². The molecule has 0 saturated heterocycles. The summed E-state index contributed by atoms with van der Waals surface area (Å²) in [6.07, 6.45) is 22.3.